The quantitative estimate of drug-likeness (QED) is 0.699. The SMILES string of the molecule is N#CC1CCCCC1n1cc(C(N)=O)c(Nc2ccc3c(c2)B(O)OC3)n1. The predicted molar refractivity (Wildman–Crippen MR) is 99.5 cm³/mol. The second-order valence-corrected chi connectivity index (χ2v) is 7.02. The summed E-state index contributed by atoms with van der Waals surface area (Å²) in [5.74, 6) is -0.366. The molecule has 8 nitrogen and oxygen atoms in total. The van der Waals surface area contributed by atoms with E-state index in [2.05, 4.69) is 16.5 Å². The molecule has 0 radical (unpaired) electrons. The summed E-state index contributed by atoms with van der Waals surface area (Å²) in [6.07, 6.45) is 5.36. The zero-order chi connectivity index (χ0) is 19.0. The summed E-state index contributed by atoms with van der Waals surface area (Å²) in [6.45, 7) is 0.370. The molecule has 9 heteroatoms. The number of fused-ring (bicyclic) bond motifs is 1. The lowest BCUT2D eigenvalue weighted by atomic mass is 9.79. The molecule has 0 saturated heterocycles. The maximum absolute atomic E-state index is 11.9. The fraction of sp³-hybridized carbons (Fsp3) is 0.389. The van der Waals surface area contributed by atoms with Crippen LogP contribution in [0.5, 0.6) is 0 Å². The smallest absolute Gasteiger partial charge is 0.423 e. The number of hydrogen-bond acceptors (Lipinski definition) is 6. The minimum Gasteiger partial charge on any atom is -0.423 e. The standard InChI is InChI=1S/C18H20BN5O3/c20-8-11-3-1-2-4-16(11)24-9-14(17(21)25)18(23-24)22-13-6-5-12-10-27-19(26)15(12)7-13/h5-7,9,11,16,26H,1-4,10H2,(H2,21,25)(H,22,23). The molecule has 1 aliphatic heterocycles. The van der Waals surface area contributed by atoms with Crippen LogP contribution in [-0.4, -0.2) is 27.8 Å². The van der Waals surface area contributed by atoms with Gasteiger partial charge >= 0.3 is 7.12 Å². The third-order valence-corrected chi connectivity index (χ3v) is 5.30. The molecular weight excluding hydrogens is 345 g/mol. The molecule has 0 spiro atoms. The lowest BCUT2D eigenvalue weighted by Crippen LogP contribution is -2.28. The number of primary amides is 1. The number of benzene rings is 1. The first-order chi connectivity index (χ1) is 13.1. The molecule has 2 atom stereocenters. The Morgan fingerprint density at radius 3 is 3.04 bits per heavy atom. The van der Waals surface area contributed by atoms with E-state index in [1.807, 2.05) is 12.1 Å². The van der Waals surface area contributed by atoms with E-state index in [4.69, 9.17) is 10.4 Å². The third-order valence-electron chi connectivity index (χ3n) is 5.30. The summed E-state index contributed by atoms with van der Waals surface area (Å²) in [5, 5.41) is 26.9. The van der Waals surface area contributed by atoms with Gasteiger partial charge in [0.2, 0.25) is 0 Å². The van der Waals surface area contributed by atoms with Gasteiger partial charge in [-0.1, -0.05) is 18.9 Å². The Bertz CT molecular complexity index is 922. The van der Waals surface area contributed by atoms with Crippen molar-refractivity contribution in [1.82, 2.24) is 9.78 Å². The van der Waals surface area contributed by atoms with Crippen LogP contribution < -0.4 is 16.5 Å². The second kappa shape index (κ2) is 7.06. The van der Waals surface area contributed by atoms with Crippen LogP contribution in [0, 0.1) is 17.2 Å². The van der Waals surface area contributed by atoms with E-state index in [0.717, 1.165) is 31.2 Å². The molecule has 2 aliphatic rings. The molecule has 1 saturated carbocycles. The molecule has 1 aromatic carbocycles. The Balaban J connectivity index is 1.65. The van der Waals surface area contributed by atoms with Gasteiger partial charge in [0.15, 0.2) is 5.82 Å². The summed E-state index contributed by atoms with van der Waals surface area (Å²) in [6, 6.07) is 7.76. The van der Waals surface area contributed by atoms with Crippen molar-refractivity contribution in [3.05, 3.63) is 35.5 Å². The Kier molecular flexibility index (Phi) is 4.60. The van der Waals surface area contributed by atoms with Crippen LogP contribution >= 0.6 is 0 Å². The van der Waals surface area contributed by atoms with Gasteiger partial charge in [0.05, 0.1) is 24.6 Å². The van der Waals surface area contributed by atoms with Gasteiger partial charge in [0, 0.05) is 11.9 Å². The third kappa shape index (κ3) is 3.29. The molecule has 27 heavy (non-hydrogen) atoms. The number of amides is 1. The van der Waals surface area contributed by atoms with E-state index < -0.39 is 13.0 Å². The Hall–Kier alpha value is -2.83. The van der Waals surface area contributed by atoms with Crippen LogP contribution in [0.15, 0.2) is 24.4 Å². The number of carbonyl (C=O) groups excluding carboxylic acids is 1. The molecule has 2 aromatic rings. The molecule has 138 valence electrons. The number of anilines is 2. The van der Waals surface area contributed by atoms with Crippen molar-refractivity contribution >= 4 is 30.0 Å². The fourth-order valence-corrected chi connectivity index (χ4v) is 3.84. The van der Waals surface area contributed by atoms with Crippen LogP contribution in [0.3, 0.4) is 0 Å². The number of hydrogen-bond donors (Lipinski definition) is 3. The van der Waals surface area contributed by atoms with Crippen LogP contribution in [0.4, 0.5) is 11.5 Å². The molecule has 2 heterocycles. The van der Waals surface area contributed by atoms with Crippen molar-refractivity contribution in [2.24, 2.45) is 11.7 Å². The number of aromatic nitrogens is 2. The highest BCUT2D eigenvalue weighted by Gasteiger charge is 2.30. The van der Waals surface area contributed by atoms with Gasteiger partial charge in [-0.2, -0.15) is 10.4 Å². The molecule has 1 amide bonds. The Morgan fingerprint density at radius 1 is 1.44 bits per heavy atom. The number of nitrogens with one attached hydrogen (secondary N) is 1. The van der Waals surface area contributed by atoms with Crippen molar-refractivity contribution in [3.8, 4) is 6.07 Å². The highest BCUT2D eigenvalue weighted by Crippen LogP contribution is 2.34. The molecular formula is C18H20BN5O3. The van der Waals surface area contributed by atoms with Crippen molar-refractivity contribution in [3.63, 3.8) is 0 Å². The summed E-state index contributed by atoms with van der Waals surface area (Å²) in [7, 11) is -0.950. The summed E-state index contributed by atoms with van der Waals surface area (Å²) >= 11 is 0. The van der Waals surface area contributed by atoms with E-state index in [0.29, 0.717) is 23.6 Å². The van der Waals surface area contributed by atoms with E-state index in [9.17, 15) is 15.1 Å². The molecule has 0 bridgehead atoms. The first-order valence-electron chi connectivity index (χ1n) is 9.05. The van der Waals surface area contributed by atoms with Crippen LogP contribution in [0.1, 0.15) is 47.6 Å². The Morgan fingerprint density at radius 2 is 2.26 bits per heavy atom. The van der Waals surface area contributed by atoms with E-state index in [-0.39, 0.29) is 17.5 Å². The number of rotatable bonds is 4. The number of nitriles is 1. The lowest BCUT2D eigenvalue weighted by Gasteiger charge is -2.26. The first-order valence-corrected chi connectivity index (χ1v) is 9.05. The van der Waals surface area contributed by atoms with Crippen LogP contribution in [0.2, 0.25) is 0 Å². The summed E-state index contributed by atoms with van der Waals surface area (Å²) < 4.78 is 6.90. The Labute approximate surface area is 157 Å². The zero-order valence-corrected chi connectivity index (χ0v) is 14.8. The van der Waals surface area contributed by atoms with Gasteiger partial charge in [-0.25, -0.2) is 0 Å². The van der Waals surface area contributed by atoms with Gasteiger partial charge in [0.25, 0.3) is 5.91 Å². The van der Waals surface area contributed by atoms with Crippen molar-refractivity contribution < 1.29 is 14.5 Å². The normalized spacial score (nSPS) is 21.6. The largest absolute Gasteiger partial charge is 0.491 e. The highest BCUT2D eigenvalue weighted by atomic mass is 16.5. The van der Waals surface area contributed by atoms with Gasteiger partial charge in [-0.05, 0) is 36.0 Å². The molecule has 1 aromatic heterocycles. The van der Waals surface area contributed by atoms with Crippen molar-refractivity contribution in [2.75, 3.05) is 5.32 Å². The zero-order valence-electron chi connectivity index (χ0n) is 14.8. The average molecular weight is 365 g/mol. The van der Waals surface area contributed by atoms with Gasteiger partial charge in [-0.3, -0.25) is 9.48 Å². The fourth-order valence-electron chi connectivity index (χ4n) is 3.84. The minimum atomic E-state index is -0.950. The summed E-state index contributed by atoms with van der Waals surface area (Å²) in [4.78, 5) is 11.9. The molecule has 4 N–H and O–H groups in total. The van der Waals surface area contributed by atoms with Gasteiger partial charge in [-0.15, -0.1) is 0 Å². The van der Waals surface area contributed by atoms with Crippen molar-refractivity contribution in [2.45, 2.75) is 38.3 Å². The highest BCUT2D eigenvalue weighted by molar-refractivity contribution is 6.61. The lowest BCUT2D eigenvalue weighted by molar-refractivity contribution is 0.100. The average Bonchev–Trinajstić information content (AvgIpc) is 3.26. The van der Waals surface area contributed by atoms with Crippen molar-refractivity contribution in [1.29, 1.82) is 5.26 Å². The van der Waals surface area contributed by atoms with E-state index in [1.54, 1.807) is 16.9 Å². The molecule has 1 aliphatic carbocycles. The first kappa shape index (κ1) is 17.6. The maximum atomic E-state index is 11.9. The van der Waals surface area contributed by atoms with Gasteiger partial charge < -0.3 is 20.7 Å². The monoisotopic (exact) mass is 365 g/mol. The van der Waals surface area contributed by atoms with Crippen LogP contribution in [0.25, 0.3) is 0 Å². The van der Waals surface area contributed by atoms with Crippen LogP contribution in [-0.2, 0) is 11.3 Å². The number of nitrogens with two attached hydrogens (primary N) is 1. The van der Waals surface area contributed by atoms with E-state index in [1.165, 1.54) is 0 Å². The van der Waals surface area contributed by atoms with E-state index >= 15 is 0 Å². The second-order valence-electron chi connectivity index (χ2n) is 7.02. The minimum absolute atomic E-state index is 0.0624. The van der Waals surface area contributed by atoms with Gasteiger partial charge in [0.1, 0.15) is 5.56 Å². The topological polar surface area (TPSA) is 126 Å². The number of carbonyl (C=O) groups is 1. The molecule has 2 unspecified atom stereocenters. The molecule has 4 rings (SSSR count). The number of nitrogens with zero attached hydrogens (tertiary/aromatic N) is 3. The predicted octanol–water partition coefficient (Wildman–Crippen LogP) is 1.20. The summed E-state index contributed by atoms with van der Waals surface area (Å²) in [5.41, 5.74) is 8.09. The maximum Gasteiger partial charge on any atom is 0.491 e. The molecule has 1 fully saturated rings.